The Morgan fingerprint density at radius 1 is 1.03 bits per heavy atom. The lowest BCUT2D eigenvalue weighted by Crippen LogP contribution is -2.58. The van der Waals surface area contributed by atoms with Crippen molar-refractivity contribution in [2.24, 2.45) is 0 Å². The van der Waals surface area contributed by atoms with E-state index >= 15 is 0 Å². The summed E-state index contributed by atoms with van der Waals surface area (Å²) in [4.78, 5) is 10.5. The van der Waals surface area contributed by atoms with E-state index in [1.165, 1.54) is 6.08 Å². The highest BCUT2D eigenvalue weighted by molar-refractivity contribution is 5.80. The number of aliphatic hydroxyl groups excluding tert-OH is 3. The first-order chi connectivity index (χ1) is 16.7. The summed E-state index contributed by atoms with van der Waals surface area (Å²) in [6.07, 6.45) is 9.67. The van der Waals surface area contributed by atoms with Crippen molar-refractivity contribution in [3.05, 3.63) is 71.4 Å². The topological polar surface area (TPSA) is 137 Å². The highest BCUT2D eigenvalue weighted by atomic mass is 16.7. The molecule has 1 fully saturated rings. The summed E-state index contributed by atoms with van der Waals surface area (Å²) in [5.41, 5.74) is 1.69. The maximum Gasteiger partial charge on any atom is 0.328 e. The predicted octanol–water partition coefficient (Wildman–Crippen LogP) is 3.34. The Kier molecular flexibility index (Phi) is 13.2. The van der Waals surface area contributed by atoms with Gasteiger partial charge in [-0.2, -0.15) is 0 Å². The molecular formula is C28H42O8. The normalized spacial score (nSPS) is 28.6. The van der Waals surface area contributed by atoms with Gasteiger partial charge in [-0.05, 0) is 60.0 Å². The molecule has 202 valence electrons. The molecule has 0 aromatic carbocycles. The van der Waals surface area contributed by atoms with Crippen LogP contribution in [0.5, 0.6) is 0 Å². The molecule has 1 heterocycles. The van der Waals surface area contributed by atoms with Crippen LogP contribution in [0.1, 0.15) is 54.4 Å². The Labute approximate surface area is 214 Å². The zero-order valence-corrected chi connectivity index (χ0v) is 22.0. The largest absolute Gasteiger partial charge is 0.478 e. The minimum atomic E-state index is -1.38. The average molecular weight is 507 g/mol. The molecule has 8 nitrogen and oxygen atoms in total. The van der Waals surface area contributed by atoms with Gasteiger partial charge in [0.05, 0.1) is 17.8 Å². The van der Waals surface area contributed by atoms with Crippen molar-refractivity contribution in [2.45, 2.75) is 96.8 Å². The standard InChI is InChI=1S/C28H42O8/c1-18(2)14-15-22(36-27-26(33)25(32)24(31)21(5)35-27)20(4)12-10-11-19(3)17-28(6,34)16-9-7-8-13-23(29)30/h7-14,17,21-22,24-27,31-34H,15-16H2,1-6H3,(H,29,30)/b9-7+,11-10+,13-8+,19-17+,20-12+/t21?,22-,24+,25?,26+,27+,28+/m1/s1. The molecule has 0 saturated carbocycles. The molecule has 8 heteroatoms. The first-order valence-corrected chi connectivity index (χ1v) is 12.0. The molecule has 7 atom stereocenters. The number of carbonyl (C=O) groups is 1. The second kappa shape index (κ2) is 15.0. The van der Waals surface area contributed by atoms with Crippen LogP contribution in [0.4, 0.5) is 0 Å². The number of hydrogen-bond donors (Lipinski definition) is 5. The van der Waals surface area contributed by atoms with E-state index in [9.17, 15) is 25.2 Å². The maximum atomic E-state index is 10.6. The summed E-state index contributed by atoms with van der Waals surface area (Å²) in [7, 11) is 0. The zero-order chi connectivity index (χ0) is 27.5. The molecule has 0 radical (unpaired) electrons. The van der Waals surface area contributed by atoms with E-state index < -0.39 is 48.4 Å². The molecule has 0 aliphatic carbocycles. The Hall–Kier alpha value is -2.33. The summed E-state index contributed by atoms with van der Waals surface area (Å²) >= 11 is 0. The van der Waals surface area contributed by atoms with Crippen molar-refractivity contribution >= 4 is 5.97 Å². The Balaban J connectivity index is 2.92. The number of aliphatic hydroxyl groups is 4. The smallest absolute Gasteiger partial charge is 0.328 e. The molecule has 0 aromatic rings. The third-order valence-corrected chi connectivity index (χ3v) is 5.63. The van der Waals surface area contributed by atoms with E-state index in [4.69, 9.17) is 14.6 Å². The van der Waals surface area contributed by atoms with Gasteiger partial charge in [0.15, 0.2) is 6.29 Å². The van der Waals surface area contributed by atoms with Gasteiger partial charge in [0.2, 0.25) is 0 Å². The molecule has 1 aliphatic heterocycles. The van der Waals surface area contributed by atoms with Crippen LogP contribution in [0.2, 0.25) is 0 Å². The van der Waals surface area contributed by atoms with Crippen LogP contribution in [0.15, 0.2) is 71.4 Å². The molecule has 36 heavy (non-hydrogen) atoms. The van der Waals surface area contributed by atoms with Gasteiger partial charge in [0.1, 0.15) is 18.3 Å². The van der Waals surface area contributed by atoms with Gasteiger partial charge in [0.25, 0.3) is 0 Å². The van der Waals surface area contributed by atoms with Crippen LogP contribution >= 0.6 is 0 Å². The van der Waals surface area contributed by atoms with Crippen LogP contribution in [-0.4, -0.2) is 73.9 Å². The van der Waals surface area contributed by atoms with Gasteiger partial charge in [0, 0.05) is 6.08 Å². The minimum absolute atomic E-state index is 0.318. The summed E-state index contributed by atoms with van der Waals surface area (Å²) in [5, 5.41) is 49.5. The number of ether oxygens (including phenoxy) is 2. The minimum Gasteiger partial charge on any atom is -0.478 e. The van der Waals surface area contributed by atoms with Crippen molar-refractivity contribution in [1.29, 1.82) is 0 Å². The van der Waals surface area contributed by atoms with Crippen LogP contribution < -0.4 is 0 Å². The Morgan fingerprint density at radius 3 is 2.31 bits per heavy atom. The van der Waals surface area contributed by atoms with Crippen molar-refractivity contribution in [3.8, 4) is 0 Å². The fourth-order valence-electron chi connectivity index (χ4n) is 3.56. The number of carboxylic acids is 1. The molecule has 0 aromatic heterocycles. The monoisotopic (exact) mass is 506 g/mol. The molecule has 0 spiro atoms. The summed E-state index contributed by atoms with van der Waals surface area (Å²) in [5.74, 6) is -1.03. The summed E-state index contributed by atoms with van der Waals surface area (Å²) in [6.45, 7) is 11.0. The molecule has 1 aliphatic rings. The maximum absolute atomic E-state index is 10.6. The summed E-state index contributed by atoms with van der Waals surface area (Å²) in [6, 6.07) is 0. The molecule has 0 amide bonds. The molecule has 2 unspecified atom stereocenters. The van der Waals surface area contributed by atoms with Gasteiger partial charge >= 0.3 is 5.97 Å². The van der Waals surface area contributed by atoms with Gasteiger partial charge in [-0.15, -0.1) is 0 Å². The van der Waals surface area contributed by atoms with Gasteiger partial charge in [-0.1, -0.05) is 59.8 Å². The third-order valence-electron chi connectivity index (χ3n) is 5.63. The number of aliphatic carboxylic acids is 1. The van der Waals surface area contributed by atoms with E-state index in [1.807, 2.05) is 52.0 Å². The fourth-order valence-corrected chi connectivity index (χ4v) is 3.56. The highest BCUT2D eigenvalue weighted by Gasteiger charge is 2.43. The lowest BCUT2D eigenvalue weighted by molar-refractivity contribution is -0.300. The van der Waals surface area contributed by atoms with Crippen LogP contribution in [0.3, 0.4) is 0 Å². The molecule has 5 N–H and O–H groups in total. The number of allylic oxidation sites excluding steroid dienone is 7. The summed E-state index contributed by atoms with van der Waals surface area (Å²) < 4.78 is 11.6. The van der Waals surface area contributed by atoms with Crippen LogP contribution in [0, 0.1) is 0 Å². The average Bonchev–Trinajstić information content (AvgIpc) is 2.77. The second-order valence-corrected chi connectivity index (χ2v) is 9.67. The van der Waals surface area contributed by atoms with E-state index in [1.54, 1.807) is 32.1 Å². The Morgan fingerprint density at radius 2 is 1.69 bits per heavy atom. The van der Waals surface area contributed by atoms with Crippen molar-refractivity contribution < 1.29 is 39.8 Å². The van der Waals surface area contributed by atoms with E-state index in [0.717, 1.165) is 22.8 Å². The zero-order valence-electron chi connectivity index (χ0n) is 22.0. The fraction of sp³-hybridized carbons (Fsp3) is 0.536. The number of carboxylic acid groups (broad SMARTS) is 1. The van der Waals surface area contributed by atoms with Crippen molar-refractivity contribution in [1.82, 2.24) is 0 Å². The first-order valence-electron chi connectivity index (χ1n) is 12.0. The second-order valence-electron chi connectivity index (χ2n) is 9.67. The predicted molar refractivity (Wildman–Crippen MR) is 139 cm³/mol. The Bertz CT molecular complexity index is 889. The van der Waals surface area contributed by atoms with Gasteiger partial charge in [-0.3, -0.25) is 0 Å². The van der Waals surface area contributed by atoms with Gasteiger partial charge < -0.3 is 35.0 Å². The van der Waals surface area contributed by atoms with Crippen LogP contribution in [-0.2, 0) is 14.3 Å². The van der Waals surface area contributed by atoms with E-state index in [2.05, 4.69) is 0 Å². The molecule has 0 bridgehead atoms. The van der Waals surface area contributed by atoms with E-state index in [0.29, 0.717) is 12.8 Å². The molecule has 1 rings (SSSR count). The molecule has 1 saturated heterocycles. The van der Waals surface area contributed by atoms with Crippen molar-refractivity contribution in [2.75, 3.05) is 0 Å². The van der Waals surface area contributed by atoms with Crippen molar-refractivity contribution in [3.63, 3.8) is 0 Å². The lowest BCUT2D eigenvalue weighted by Gasteiger charge is -2.40. The van der Waals surface area contributed by atoms with E-state index in [-0.39, 0.29) is 0 Å². The molecular weight excluding hydrogens is 464 g/mol. The van der Waals surface area contributed by atoms with Gasteiger partial charge in [-0.25, -0.2) is 4.79 Å². The quantitative estimate of drug-likeness (QED) is 0.154. The SMILES string of the molecule is CC(C)=CC[C@@H](O[C@@H]1OC(C)[C@H](O)C(O)[C@@H]1O)/C(C)=C/C=C/C(C)=C/[C@@](C)(O)C/C=C/C=C/C(=O)O. The first kappa shape index (κ1) is 31.7. The van der Waals surface area contributed by atoms with Crippen LogP contribution in [0.25, 0.3) is 0 Å². The highest BCUT2D eigenvalue weighted by Crippen LogP contribution is 2.25. The third kappa shape index (κ3) is 11.6. The number of hydrogen-bond acceptors (Lipinski definition) is 7. The number of rotatable bonds is 12. The lowest BCUT2D eigenvalue weighted by atomic mass is 9.98.